The van der Waals surface area contributed by atoms with Crippen molar-refractivity contribution in [3.8, 4) is 10.6 Å². The molecule has 1 amide bonds. The Morgan fingerprint density at radius 2 is 1.77 bits per heavy atom. The molecule has 0 saturated carbocycles. The normalized spacial score (nSPS) is 10.4. The average molecular weight is 366 g/mol. The Kier molecular flexibility index (Phi) is 5.43. The van der Waals surface area contributed by atoms with Gasteiger partial charge in [-0.1, -0.05) is 42.5 Å². The van der Waals surface area contributed by atoms with Crippen molar-refractivity contribution < 1.29 is 14.3 Å². The number of carbonyl (C=O) groups is 2. The minimum Gasteiger partial charge on any atom is -0.462 e. The Balaban J connectivity index is 1.86. The highest BCUT2D eigenvalue weighted by atomic mass is 32.1. The maximum atomic E-state index is 12.7. The number of anilines is 1. The molecule has 0 aliphatic rings. The Bertz CT molecular complexity index is 935. The summed E-state index contributed by atoms with van der Waals surface area (Å²) in [7, 11) is 0. The second kappa shape index (κ2) is 7.93. The van der Waals surface area contributed by atoms with Crippen LogP contribution in [0.3, 0.4) is 0 Å². The monoisotopic (exact) mass is 366 g/mol. The van der Waals surface area contributed by atoms with Crippen molar-refractivity contribution in [2.75, 3.05) is 11.9 Å². The third-order valence-electron chi connectivity index (χ3n) is 3.70. The fourth-order valence-corrected chi connectivity index (χ4v) is 3.39. The second-order valence-electron chi connectivity index (χ2n) is 5.51. The summed E-state index contributed by atoms with van der Waals surface area (Å²) in [5, 5.41) is 3.56. The number of thiazole rings is 1. The summed E-state index contributed by atoms with van der Waals surface area (Å²) in [6.07, 6.45) is 0. The average Bonchev–Trinajstić information content (AvgIpc) is 3.05. The van der Waals surface area contributed by atoms with Gasteiger partial charge in [-0.3, -0.25) is 4.79 Å². The van der Waals surface area contributed by atoms with E-state index < -0.39 is 5.97 Å². The zero-order chi connectivity index (χ0) is 18.5. The summed E-state index contributed by atoms with van der Waals surface area (Å²) in [5.41, 5.74) is 2.04. The summed E-state index contributed by atoms with van der Waals surface area (Å²) in [4.78, 5) is 30.0. The molecular weight excluding hydrogens is 348 g/mol. The number of benzene rings is 2. The molecule has 0 bridgehead atoms. The number of aryl methyl sites for hydroxylation is 1. The minimum absolute atomic E-state index is 0.271. The lowest BCUT2D eigenvalue weighted by molar-refractivity contribution is 0.0527. The Morgan fingerprint density at radius 3 is 2.50 bits per heavy atom. The first-order valence-electron chi connectivity index (χ1n) is 8.20. The number of ether oxygens (including phenoxy) is 1. The molecule has 1 heterocycles. The maximum absolute atomic E-state index is 12.7. The zero-order valence-corrected chi connectivity index (χ0v) is 15.3. The van der Waals surface area contributed by atoms with Crippen molar-refractivity contribution in [2.45, 2.75) is 13.8 Å². The number of para-hydroxylation sites is 1. The van der Waals surface area contributed by atoms with E-state index in [4.69, 9.17) is 4.74 Å². The number of amides is 1. The van der Waals surface area contributed by atoms with Gasteiger partial charge in [0.1, 0.15) is 10.7 Å². The number of nitrogens with one attached hydrogen (secondary N) is 1. The van der Waals surface area contributed by atoms with Crippen LogP contribution < -0.4 is 5.32 Å². The molecule has 2 aromatic carbocycles. The maximum Gasteiger partial charge on any atom is 0.340 e. The zero-order valence-electron chi connectivity index (χ0n) is 14.5. The number of esters is 1. The predicted octanol–water partition coefficient (Wildman–Crippen LogP) is 4.55. The number of aromatic nitrogens is 1. The van der Waals surface area contributed by atoms with Gasteiger partial charge < -0.3 is 10.1 Å². The molecule has 0 unspecified atom stereocenters. The summed E-state index contributed by atoms with van der Waals surface area (Å²) < 4.78 is 5.04. The van der Waals surface area contributed by atoms with Crippen molar-refractivity contribution in [3.05, 3.63) is 70.7 Å². The summed E-state index contributed by atoms with van der Waals surface area (Å²) in [6, 6.07) is 16.5. The Hall–Kier alpha value is -2.99. The third kappa shape index (κ3) is 3.81. The minimum atomic E-state index is -0.469. The van der Waals surface area contributed by atoms with Gasteiger partial charge in [0.15, 0.2) is 0 Å². The molecular formula is C20H18N2O3S. The van der Waals surface area contributed by atoms with E-state index >= 15 is 0 Å². The van der Waals surface area contributed by atoms with E-state index in [2.05, 4.69) is 10.3 Å². The highest BCUT2D eigenvalue weighted by molar-refractivity contribution is 7.15. The molecule has 0 fully saturated rings. The highest BCUT2D eigenvalue weighted by Gasteiger charge is 2.19. The van der Waals surface area contributed by atoms with Crippen molar-refractivity contribution in [2.24, 2.45) is 0 Å². The lowest BCUT2D eigenvalue weighted by Gasteiger charge is -2.09. The van der Waals surface area contributed by atoms with Crippen molar-refractivity contribution >= 4 is 28.9 Å². The number of carbonyl (C=O) groups excluding carboxylic acids is 2. The third-order valence-corrected chi connectivity index (χ3v) is 4.72. The van der Waals surface area contributed by atoms with Gasteiger partial charge in [0, 0.05) is 10.4 Å². The second-order valence-corrected chi connectivity index (χ2v) is 6.71. The molecule has 3 rings (SSSR count). The van der Waals surface area contributed by atoms with E-state index in [9.17, 15) is 9.59 Å². The first-order chi connectivity index (χ1) is 12.6. The van der Waals surface area contributed by atoms with Crippen LogP contribution in [-0.4, -0.2) is 23.5 Å². The first kappa shape index (κ1) is 17.8. The molecule has 3 aromatic rings. The molecule has 1 aromatic heterocycles. The van der Waals surface area contributed by atoms with Gasteiger partial charge in [0.05, 0.1) is 17.9 Å². The smallest absolute Gasteiger partial charge is 0.340 e. The molecule has 0 spiro atoms. The lowest BCUT2D eigenvalue weighted by Crippen LogP contribution is -2.17. The molecule has 1 N–H and O–H groups in total. The van der Waals surface area contributed by atoms with Crippen LogP contribution in [0.15, 0.2) is 54.6 Å². The molecule has 0 aliphatic carbocycles. The quantitative estimate of drug-likeness (QED) is 0.673. The molecule has 0 atom stereocenters. The molecule has 0 aliphatic heterocycles. The molecule has 6 heteroatoms. The van der Waals surface area contributed by atoms with E-state index in [1.165, 1.54) is 11.3 Å². The first-order valence-corrected chi connectivity index (χ1v) is 9.02. The fraction of sp³-hybridized carbons (Fsp3) is 0.150. The van der Waals surface area contributed by atoms with E-state index in [1.54, 1.807) is 31.2 Å². The molecule has 26 heavy (non-hydrogen) atoms. The van der Waals surface area contributed by atoms with Crippen molar-refractivity contribution in [1.29, 1.82) is 0 Å². The largest absolute Gasteiger partial charge is 0.462 e. The molecule has 5 nitrogen and oxygen atoms in total. The Morgan fingerprint density at radius 1 is 1.08 bits per heavy atom. The van der Waals surface area contributed by atoms with Gasteiger partial charge in [0.25, 0.3) is 5.91 Å². The van der Waals surface area contributed by atoms with Gasteiger partial charge in [-0.25, -0.2) is 9.78 Å². The standard InChI is InChI=1S/C20H18N2O3S/c1-3-25-20(24)15-11-7-8-12-16(15)21-18(23)17-13(2)26-19(22-17)14-9-5-4-6-10-14/h4-12H,3H2,1-2H3,(H,21,23). The molecule has 0 radical (unpaired) electrons. The van der Waals surface area contributed by atoms with Gasteiger partial charge in [-0.05, 0) is 26.0 Å². The van der Waals surface area contributed by atoms with Crippen LogP contribution in [0.1, 0.15) is 32.6 Å². The number of nitrogens with zero attached hydrogens (tertiary/aromatic N) is 1. The van der Waals surface area contributed by atoms with Gasteiger partial charge in [0.2, 0.25) is 0 Å². The van der Waals surface area contributed by atoms with Gasteiger partial charge in [-0.2, -0.15) is 0 Å². The highest BCUT2D eigenvalue weighted by Crippen LogP contribution is 2.28. The number of rotatable bonds is 5. The van der Waals surface area contributed by atoms with Crippen LogP contribution in [0.2, 0.25) is 0 Å². The Labute approximate surface area is 155 Å². The number of hydrogen-bond acceptors (Lipinski definition) is 5. The summed E-state index contributed by atoms with van der Waals surface area (Å²) >= 11 is 1.46. The van der Waals surface area contributed by atoms with E-state index in [0.29, 0.717) is 16.9 Å². The molecule has 132 valence electrons. The van der Waals surface area contributed by atoms with Crippen LogP contribution in [0, 0.1) is 6.92 Å². The number of hydrogen-bond donors (Lipinski definition) is 1. The summed E-state index contributed by atoms with van der Waals surface area (Å²) in [6.45, 7) is 3.87. The molecule has 0 saturated heterocycles. The fourth-order valence-electron chi connectivity index (χ4n) is 2.47. The van der Waals surface area contributed by atoms with E-state index in [0.717, 1.165) is 15.4 Å². The summed E-state index contributed by atoms with van der Waals surface area (Å²) in [5.74, 6) is -0.818. The van der Waals surface area contributed by atoms with Crippen LogP contribution in [0.5, 0.6) is 0 Å². The van der Waals surface area contributed by atoms with Gasteiger partial charge >= 0.3 is 5.97 Å². The van der Waals surface area contributed by atoms with Gasteiger partial charge in [-0.15, -0.1) is 11.3 Å². The SMILES string of the molecule is CCOC(=O)c1ccccc1NC(=O)c1nc(-c2ccccc2)sc1C. The van der Waals surface area contributed by atoms with Crippen molar-refractivity contribution in [1.82, 2.24) is 4.98 Å². The lowest BCUT2D eigenvalue weighted by atomic mass is 10.1. The van der Waals surface area contributed by atoms with E-state index in [-0.39, 0.29) is 12.5 Å². The topological polar surface area (TPSA) is 68.3 Å². The predicted molar refractivity (Wildman–Crippen MR) is 103 cm³/mol. The van der Waals surface area contributed by atoms with Crippen LogP contribution in [-0.2, 0) is 4.74 Å². The van der Waals surface area contributed by atoms with Crippen molar-refractivity contribution in [3.63, 3.8) is 0 Å². The van der Waals surface area contributed by atoms with Crippen LogP contribution in [0.25, 0.3) is 10.6 Å². The van der Waals surface area contributed by atoms with Crippen LogP contribution in [0.4, 0.5) is 5.69 Å². The van der Waals surface area contributed by atoms with Crippen LogP contribution >= 0.6 is 11.3 Å². The van der Waals surface area contributed by atoms with E-state index in [1.807, 2.05) is 37.3 Å².